The number of amides is 1. The average molecular weight is 366 g/mol. The fourth-order valence-corrected chi connectivity index (χ4v) is 2.70. The maximum absolute atomic E-state index is 11.8. The second kappa shape index (κ2) is 8.43. The highest BCUT2D eigenvalue weighted by molar-refractivity contribution is 6.00. The number of ether oxygens (including phenoxy) is 1. The van der Waals surface area contributed by atoms with Crippen molar-refractivity contribution in [3.05, 3.63) is 54.2 Å². The predicted octanol–water partition coefficient (Wildman–Crippen LogP) is 1.86. The zero-order valence-corrected chi connectivity index (χ0v) is 15.0. The Morgan fingerprint density at radius 1 is 1.22 bits per heavy atom. The number of carbonyl (C=O) groups excluding carboxylic acids is 1. The zero-order valence-electron chi connectivity index (χ0n) is 15.0. The molecule has 2 aromatic carbocycles. The fraction of sp³-hybridized carbons (Fsp3) is 0.211. The lowest BCUT2D eigenvalue weighted by molar-refractivity contribution is 0.100. The third kappa shape index (κ3) is 4.49. The number of fused-ring (bicyclic) bond motifs is 1. The Kier molecular flexibility index (Phi) is 5.80. The van der Waals surface area contributed by atoms with E-state index in [9.17, 15) is 4.79 Å². The van der Waals surface area contributed by atoms with E-state index in [4.69, 9.17) is 16.2 Å². The van der Waals surface area contributed by atoms with E-state index in [0.717, 1.165) is 16.5 Å². The van der Waals surface area contributed by atoms with E-state index in [0.29, 0.717) is 24.9 Å². The molecule has 3 rings (SSSR count). The molecule has 1 heterocycles. The molecule has 0 spiro atoms. The minimum atomic E-state index is -0.611. The molecule has 0 saturated heterocycles. The first-order chi connectivity index (χ1) is 13.1. The number of hydrogen-bond donors (Lipinski definition) is 4. The number of hydrogen-bond acceptors (Lipinski definition) is 7. The summed E-state index contributed by atoms with van der Waals surface area (Å²) in [6.45, 7) is 0.838. The molecular weight excluding hydrogens is 344 g/mol. The van der Waals surface area contributed by atoms with Crippen molar-refractivity contribution in [2.75, 3.05) is 30.9 Å². The quantitative estimate of drug-likeness (QED) is 0.479. The molecule has 3 aromatic rings. The minimum absolute atomic E-state index is 0.203. The number of carbonyl (C=O) groups is 1. The van der Waals surface area contributed by atoms with Crippen molar-refractivity contribution in [3.63, 3.8) is 0 Å². The van der Waals surface area contributed by atoms with Crippen molar-refractivity contribution >= 4 is 34.1 Å². The summed E-state index contributed by atoms with van der Waals surface area (Å²) in [4.78, 5) is 20.3. The van der Waals surface area contributed by atoms with E-state index in [1.807, 2.05) is 42.5 Å². The third-order valence-electron chi connectivity index (χ3n) is 4.00. The number of nitrogens with one attached hydrogen (secondary N) is 2. The molecule has 0 radical (unpaired) electrons. The van der Waals surface area contributed by atoms with Gasteiger partial charge in [0.15, 0.2) is 0 Å². The Balaban J connectivity index is 1.90. The van der Waals surface area contributed by atoms with Crippen LogP contribution in [0, 0.1) is 0 Å². The second-order valence-electron chi connectivity index (χ2n) is 6.07. The van der Waals surface area contributed by atoms with Gasteiger partial charge in [-0.05, 0) is 11.5 Å². The van der Waals surface area contributed by atoms with Gasteiger partial charge in [0.05, 0.1) is 6.61 Å². The van der Waals surface area contributed by atoms with Crippen LogP contribution in [0.25, 0.3) is 10.8 Å². The maximum atomic E-state index is 11.8. The van der Waals surface area contributed by atoms with E-state index in [2.05, 4.69) is 20.6 Å². The Bertz CT molecular complexity index is 941. The number of nitrogens with two attached hydrogens (primary N) is 2. The van der Waals surface area contributed by atoms with E-state index in [1.165, 1.54) is 6.20 Å². The van der Waals surface area contributed by atoms with Crippen LogP contribution >= 0.6 is 0 Å². The Hall–Kier alpha value is -3.23. The molecule has 0 aliphatic rings. The molecule has 1 amide bonds. The lowest BCUT2D eigenvalue weighted by Gasteiger charge is -2.14. The minimum Gasteiger partial charge on any atom is -0.383 e. The van der Waals surface area contributed by atoms with Crippen molar-refractivity contribution in [2.24, 2.45) is 11.5 Å². The summed E-state index contributed by atoms with van der Waals surface area (Å²) in [5.74, 6) is 0.0614. The van der Waals surface area contributed by atoms with Crippen LogP contribution in [0.2, 0.25) is 0 Å². The van der Waals surface area contributed by atoms with Crippen LogP contribution in [0.5, 0.6) is 0 Å². The molecule has 0 fully saturated rings. The summed E-state index contributed by atoms with van der Waals surface area (Å²) in [5.41, 5.74) is 12.4. The molecule has 8 heteroatoms. The van der Waals surface area contributed by atoms with Crippen LogP contribution in [0.15, 0.2) is 48.7 Å². The molecule has 0 unspecified atom stereocenters. The molecule has 27 heavy (non-hydrogen) atoms. The monoisotopic (exact) mass is 366 g/mol. The summed E-state index contributed by atoms with van der Waals surface area (Å²) in [6, 6.07) is 13.6. The largest absolute Gasteiger partial charge is 0.383 e. The first kappa shape index (κ1) is 18.6. The van der Waals surface area contributed by atoms with Crippen LogP contribution in [0.1, 0.15) is 10.4 Å². The van der Waals surface area contributed by atoms with Gasteiger partial charge in [-0.15, -0.1) is 0 Å². The number of primary amides is 1. The first-order valence-corrected chi connectivity index (χ1v) is 8.48. The highest BCUT2D eigenvalue weighted by Crippen LogP contribution is 2.27. The normalized spacial score (nSPS) is 11.9. The SMILES string of the molecule is COC[C@H](N)CNc1ncc(C(N)=O)c(Nc2cccc3ccccc23)n1. The molecule has 1 aromatic heterocycles. The van der Waals surface area contributed by atoms with Gasteiger partial charge in [-0.3, -0.25) is 4.79 Å². The van der Waals surface area contributed by atoms with Gasteiger partial charge in [0.2, 0.25) is 5.95 Å². The van der Waals surface area contributed by atoms with E-state index < -0.39 is 5.91 Å². The number of benzene rings is 2. The highest BCUT2D eigenvalue weighted by Gasteiger charge is 2.14. The van der Waals surface area contributed by atoms with Crippen LogP contribution in [0.4, 0.5) is 17.5 Å². The van der Waals surface area contributed by atoms with Gasteiger partial charge >= 0.3 is 0 Å². The number of nitrogens with zero attached hydrogens (tertiary/aromatic N) is 2. The van der Waals surface area contributed by atoms with Gasteiger partial charge in [0.1, 0.15) is 11.4 Å². The molecule has 0 saturated carbocycles. The van der Waals surface area contributed by atoms with Gasteiger partial charge in [-0.1, -0.05) is 36.4 Å². The smallest absolute Gasteiger partial charge is 0.254 e. The number of aromatic nitrogens is 2. The van der Waals surface area contributed by atoms with Crippen LogP contribution in [0.3, 0.4) is 0 Å². The Morgan fingerprint density at radius 3 is 2.78 bits per heavy atom. The molecule has 0 bridgehead atoms. The average Bonchev–Trinajstić information content (AvgIpc) is 2.67. The van der Waals surface area contributed by atoms with Gasteiger partial charge < -0.3 is 26.8 Å². The lowest BCUT2D eigenvalue weighted by Crippen LogP contribution is -2.33. The number of methoxy groups -OCH3 is 1. The molecule has 6 N–H and O–H groups in total. The maximum Gasteiger partial charge on any atom is 0.254 e. The standard InChI is InChI=1S/C19H22N6O2/c1-27-11-13(20)9-22-19-23-10-15(17(21)26)18(25-19)24-16-8-4-6-12-5-2-3-7-14(12)16/h2-8,10,13H,9,11,20H2,1H3,(H2,21,26)(H2,22,23,24,25)/t13-/m1/s1. The van der Waals surface area contributed by atoms with E-state index in [-0.39, 0.29) is 11.6 Å². The van der Waals surface area contributed by atoms with Crippen molar-refractivity contribution in [2.45, 2.75) is 6.04 Å². The number of anilines is 3. The van der Waals surface area contributed by atoms with Crippen molar-refractivity contribution in [1.29, 1.82) is 0 Å². The van der Waals surface area contributed by atoms with Crippen LogP contribution in [-0.4, -0.2) is 42.2 Å². The Labute approximate surface area is 156 Å². The second-order valence-corrected chi connectivity index (χ2v) is 6.07. The summed E-state index contributed by atoms with van der Waals surface area (Å²) < 4.78 is 5.01. The van der Waals surface area contributed by atoms with E-state index >= 15 is 0 Å². The zero-order chi connectivity index (χ0) is 19.2. The van der Waals surface area contributed by atoms with Crippen LogP contribution < -0.4 is 22.1 Å². The van der Waals surface area contributed by atoms with Crippen molar-refractivity contribution in [1.82, 2.24) is 9.97 Å². The topological polar surface area (TPSA) is 128 Å². The summed E-state index contributed by atoms with van der Waals surface area (Å²) in [5, 5.41) is 8.32. The molecule has 8 nitrogen and oxygen atoms in total. The predicted molar refractivity (Wildman–Crippen MR) is 106 cm³/mol. The van der Waals surface area contributed by atoms with Crippen molar-refractivity contribution < 1.29 is 9.53 Å². The fourth-order valence-electron chi connectivity index (χ4n) is 2.70. The first-order valence-electron chi connectivity index (χ1n) is 8.48. The molecule has 1 atom stereocenters. The van der Waals surface area contributed by atoms with Gasteiger partial charge in [-0.2, -0.15) is 4.98 Å². The van der Waals surface area contributed by atoms with Crippen molar-refractivity contribution in [3.8, 4) is 0 Å². The summed E-state index contributed by atoms with van der Waals surface area (Å²) >= 11 is 0. The van der Waals surface area contributed by atoms with Crippen LogP contribution in [-0.2, 0) is 4.74 Å². The van der Waals surface area contributed by atoms with Gasteiger partial charge in [0, 0.05) is 37.0 Å². The lowest BCUT2D eigenvalue weighted by atomic mass is 10.1. The molecule has 0 aliphatic heterocycles. The van der Waals surface area contributed by atoms with E-state index in [1.54, 1.807) is 7.11 Å². The molecule has 140 valence electrons. The summed E-state index contributed by atoms with van der Waals surface area (Å²) in [7, 11) is 1.59. The molecule has 0 aliphatic carbocycles. The third-order valence-corrected chi connectivity index (χ3v) is 4.00. The van der Waals surface area contributed by atoms with Gasteiger partial charge in [0.25, 0.3) is 5.91 Å². The Morgan fingerprint density at radius 2 is 2.00 bits per heavy atom. The van der Waals surface area contributed by atoms with Gasteiger partial charge in [-0.25, -0.2) is 4.98 Å². The number of rotatable bonds is 8. The highest BCUT2D eigenvalue weighted by atomic mass is 16.5. The summed E-state index contributed by atoms with van der Waals surface area (Å²) in [6.07, 6.45) is 1.40. The molecular formula is C19H22N6O2.